The highest BCUT2D eigenvalue weighted by molar-refractivity contribution is 5.49. The van der Waals surface area contributed by atoms with E-state index in [-0.39, 0.29) is 0 Å². The Hall–Kier alpha value is -2.42. The van der Waals surface area contributed by atoms with Crippen molar-refractivity contribution >= 4 is 0 Å². The minimum atomic E-state index is -1.17. The summed E-state index contributed by atoms with van der Waals surface area (Å²) in [6.45, 7) is 0.706. The van der Waals surface area contributed by atoms with Gasteiger partial charge >= 0.3 is 0 Å². The Bertz CT molecular complexity index is 714. The Morgan fingerprint density at radius 3 is 1.74 bits per heavy atom. The van der Waals surface area contributed by atoms with Crippen molar-refractivity contribution in [2.45, 2.75) is 12.1 Å². The van der Waals surface area contributed by atoms with Gasteiger partial charge in [-0.25, -0.2) is 0 Å². The minimum Gasteiger partial charge on any atom is -0.376 e. The van der Waals surface area contributed by atoms with Crippen molar-refractivity contribution in [2.75, 3.05) is 7.05 Å². The number of hydrogen-bond acceptors (Lipinski definition) is 2. The first-order valence-corrected chi connectivity index (χ1v) is 7.83. The van der Waals surface area contributed by atoms with E-state index in [4.69, 9.17) is 0 Å². The molecule has 0 fully saturated rings. The zero-order valence-corrected chi connectivity index (χ0v) is 13.2. The average molecular weight is 303 g/mol. The molecule has 3 aromatic rings. The number of hydrogen-bond donors (Lipinski definition) is 2. The molecule has 0 atom stereocenters. The van der Waals surface area contributed by atoms with Gasteiger partial charge in [-0.15, -0.1) is 0 Å². The molecule has 2 N–H and O–H groups in total. The van der Waals surface area contributed by atoms with Gasteiger partial charge in [0.05, 0.1) is 0 Å². The molecule has 0 spiro atoms. The zero-order valence-electron chi connectivity index (χ0n) is 13.2. The molecule has 0 aliphatic rings. The SMILES string of the molecule is CNCc1ccccc1C(O)(c1ccccc1)c1ccccc1. The topological polar surface area (TPSA) is 32.3 Å². The van der Waals surface area contributed by atoms with E-state index in [1.807, 2.05) is 85.9 Å². The second kappa shape index (κ2) is 6.78. The Kier molecular flexibility index (Phi) is 4.56. The number of benzene rings is 3. The maximum absolute atomic E-state index is 11.8. The van der Waals surface area contributed by atoms with Gasteiger partial charge in [-0.1, -0.05) is 84.9 Å². The molecule has 0 aliphatic carbocycles. The standard InChI is InChI=1S/C21H21NO/c1-22-16-17-10-8-9-15-20(17)21(23,18-11-4-2-5-12-18)19-13-6-3-7-14-19/h2-15,22-23H,16H2,1H3. The normalized spacial score (nSPS) is 11.4. The van der Waals surface area contributed by atoms with Crippen molar-refractivity contribution in [1.82, 2.24) is 5.32 Å². The molecular weight excluding hydrogens is 282 g/mol. The highest BCUT2D eigenvalue weighted by Gasteiger charge is 2.35. The van der Waals surface area contributed by atoms with Crippen LogP contribution in [0.3, 0.4) is 0 Å². The van der Waals surface area contributed by atoms with Gasteiger partial charge in [0, 0.05) is 6.54 Å². The molecule has 2 nitrogen and oxygen atoms in total. The predicted octanol–water partition coefficient (Wildman–Crippen LogP) is 3.69. The van der Waals surface area contributed by atoms with Crippen LogP contribution in [0.1, 0.15) is 22.3 Å². The van der Waals surface area contributed by atoms with Crippen molar-refractivity contribution in [3.05, 3.63) is 107 Å². The summed E-state index contributed by atoms with van der Waals surface area (Å²) >= 11 is 0. The molecule has 2 heteroatoms. The lowest BCUT2D eigenvalue weighted by atomic mass is 9.78. The fraction of sp³-hybridized carbons (Fsp3) is 0.143. The van der Waals surface area contributed by atoms with Gasteiger partial charge in [0.1, 0.15) is 5.60 Å². The predicted molar refractivity (Wildman–Crippen MR) is 94.2 cm³/mol. The van der Waals surface area contributed by atoms with E-state index in [1.165, 1.54) is 0 Å². The first-order valence-electron chi connectivity index (χ1n) is 7.83. The van der Waals surface area contributed by atoms with Crippen LogP contribution >= 0.6 is 0 Å². The highest BCUT2D eigenvalue weighted by Crippen LogP contribution is 2.38. The summed E-state index contributed by atoms with van der Waals surface area (Å²) in [5.74, 6) is 0. The van der Waals surface area contributed by atoms with Crippen LogP contribution in [0.5, 0.6) is 0 Å². The fourth-order valence-corrected chi connectivity index (χ4v) is 3.05. The van der Waals surface area contributed by atoms with Crippen molar-refractivity contribution in [2.24, 2.45) is 0 Å². The van der Waals surface area contributed by atoms with Crippen LogP contribution in [-0.2, 0) is 12.1 Å². The van der Waals surface area contributed by atoms with E-state index in [0.29, 0.717) is 6.54 Å². The molecule has 0 unspecified atom stereocenters. The molecular formula is C21H21NO. The second-order valence-electron chi connectivity index (χ2n) is 5.63. The second-order valence-corrected chi connectivity index (χ2v) is 5.63. The van der Waals surface area contributed by atoms with Crippen LogP contribution in [-0.4, -0.2) is 12.2 Å². The average Bonchev–Trinajstić information content (AvgIpc) is 2.63. The van der Waals surface area contributed by atoms with Gasteiger partial charge in [-0.3, -0.25) is 0 Å². The van der Waals surface area contributed by atoms with Gasteiger partial charge in [0.15, 0.2) is 0 Å². The van der Waals surface area contributed by atoms with E-state index < -0.39 is 5.60 Å². The molecule has 0 saturated heterocycles. The van der Waals surface area contributed by atoms with Gasteiger partial charge in [-0.2, -0.15) is 0 Å². The summed E-state index contributed by atoms with van der Waals surface area (Å²) in [5.41, 5.74) is 2.57. The van der Waals surface area contributed by atoms with Crippen LogP contribution in [0.15, 0.2) is 84.9 Å². The van der Waals surface area contributed by atoms with E-state index >= 15 is 0 Å². The van der Waals surface area contributed by atoms with Gasteiger partial charge in [0.25, 0.3) is 0 Å². The number of aliphatic hydroxyl groups is 1. The Labute approximate surface area is 137 Å². The number of rotatable bonds is 5. The molecule has 116 valence electrons. The first kappa shape index (κ1) is 15.5. The first-order chi connectivity index (χ1) is 11.3. The smallest absolute Gasteiger partial charge is 0.140 e. The number of nitrogens with one attached hydrogen (secondary N) is 1. The lowest BCUT2D eigenvalue weighted by Gasteiger charge is -2.32. The summed E-state index contributed by atoms with van der Waals surface area (Å²) in [6, 6.07) is 27.7. The van der Waals surface area contributed by atoms with E-state index in [1.54, 1.807) is 0 Å². The van der Waals surface area contributed by atoms with Crippen molar-refractivity contribution in [3.63, 3.8) is 0 Å². The summed E-state index contributed by atoms with van der Waals surface area (Å²) in [7, 11) is 1.92. The monoisotopic (exact) mass is 303 g/mol. The van der Waals surface area contributed by atoms with Gasteiger partial charge < -0.3 is 10.4 Å². The maximum Gasteiger partial charge on any atom is 0.140 e. The zero-order chi connectivity index (χ0) is 16.1. The van der Waals surface area contributed by atoms with Crippen LogP contribution in [0, 0.1) is 0 Å². The molecule has 0 heterocycles. The molecule has 3 rings (SSSR count). The van der Waals surface area contributed by atoms with Crippen LogP contribution < -0.4 is 5.32 Å². The lowest BCUT2D eigenvalue weighted by Crippen LogP contribution is -2.30. The van der Waals surface area contributed by atoms with Crippen molar-refractivity contribution < 1.29 is 5.11 Å². The molecule has 0 aliphatic heterocycles. The van der Waals surface area contributed by atoms with E-state index in [0.717, 1.165) is 22.3 Å². The highest BCUT2D eigenvalue weighted by atomic mass is 16.3. The fourth-order valence-electron chi connectivity index (χ4n) is 3.05. The van der Waals surface area contributed by atoms with Crippen molar-refractivity contribution in [1.29, 1.82) is 0 Å². The molecule has 0 radical (unpaired) electrons. The molecule has 23 heavy (non-hydrogen) atoms. The maximum atomic E-state index is 11.8. The molecule has 0 saturated carbocycles. The summed E-state index contributed by atoms with van der Waals surface area (Å²) in [5, 5.41) is 15.0. The third-order valence-electron chi connectivity index (χ3n) is 4.16. The minimum absolute atomic E-state index is 0.706. The third kappa shape index (κ3) is 2.91. The quantitative estimate of drug-likeness (QED) is 0.705. The van der Waals surface area contributed by atoms with E-state index in [2.05, 4.69) is 11.4 Å². The van der Waals surface area contributed by atoms with Crippen LogP contribution in [0.25, 0.3) is 0 Å². The lowest BCUT2D eigenvalue weighted by molar-refractivity contribution is 0.124. The molecule has 0 amide bonds. The Morgan fingerprint density at radius 1 is 0.739 bits per heavy atom. The summed E-state index contributed by atoms with van der Waals surface area (Å²) in [6.07, 6.45) is 0. The summed E-state index contributed by atoms with van der Waals surface area (Å²) in [4.78, 5) is 0. The van der Waals surface area contributed by atoms with Crippen LogP contribution in [0.4, 0.5) is 0 Å². The molecule has 3 aromatic carbocycles. The van der Waals surface area contributed by atoms with E-state index in [9.17, 15) is 5.11 Å². The van der Waals surface area contributed by atoms with Gasteiger partial charge in [-0.05, 0) is 29.3 Å². The Morgan fingerprint density at radius 2 is 1.22 bits per heavy atom. The Balaban J connectivity index is 2.26. The van der Waals surface area contributed by atoms with Gasteiger partial charge in [0.2, 0.25) is 0 Å². The molecule has 0 aromatic heterocycles. The van der Waals surface area contributed by atoms with Crippen LogP contribution in [0.2, 0.25) is 0 Å². The third-order valence-corrected chi connectivity index (χ3v) is 4.16. The molecule has 0 bridgehead atoms. The van der Waals surface area contributed by atoms with Crippen molar-refractivity contribution in [3.8, 4) is 0 Å². The summed E-state index contributed by atoms with van der Waals surface area (Å²) < 4.78 is 0. The largest absolute Gasteiger partial charge is 0.376 e.